The first kappa shape index (κ1) is 17.2. The fourth-order valence-electron chi connectivity index (χ4n) is 1.52. The lowest BCUT2D eigenvalue weighted by molar-refractivity contribution is -0.139. The van der Waals surface area contributed by atoms with E-state index in [-0.39, 0.29) is 5.97 Å². The summed E-state index contributed by atoms with van der Waals surface area (Å²) in [4.78, 5) is 11.2. The normalized spacial score (nSPS) is 15.8. The van der Waals surface area contributed by atoms with Crippen LogP contribution in [-0.4, -0.2) is 25.2 Å². The lowest BCUT2D eigenvalue weighted by Gasteiger charge is -2.22. The second-order valence-corrected chi connectivity index (χ2v) is 5.39. The van der Waals surface area contributed by atoms with Crippen molar-refractivity contribution in [3.63, 3.8) is 0 Å². The summed E-state index contributed by atoms with van der Waals surface area (Å²) in [6, 6.07) is 0.537. The zero-order chi connectivity index (χ0) is 14.1. The van der Waals surface area contributed by atoms with E-state index >= 15 is 0 Å². The fourth-order valence-corrected chi connectivity index (χ4v) is 1.52. The Balaban J connectivity index is 3.69. The van der Waals surface area contributed by atoms with E-state index in [0.717, 1.165) is 13.0 Å². The van der Waals surface area contributed by atoms with Gasteiger partial charge in [-0.3, -0.25) is 0 Å². The van der Waals surface area contributed by atoms with Gasteiger partial charge in [0.05, 0.1) is 6.61 Å². The van der Waals surface area contributed by atoms with Crippen molar-refractivity contribution in [2.24, 2.45) is 11.8 Å². The number of hydrogen-bond acceptors (Lipinski definition) is 3. The van der Waals surface area contributed by atoms with Gasteiger partial charge in [-0.1, -0.05) is 33.8 Å². The average Bonchev–Trinajstić information content (AvgIpc) is 2.34. The van der Waals surface area contributed by atoms with Crippen LogP contribution in [-0.2, 0) is 9.53 Å². The van der Waals surface area contributed by atoms with Crippen molar-refractivity contribution in [3.05, 3.63) is 12.2 Å². The number of ether oxygens (including phenoxy) is 1. The largest absolute Gasteiger partial charge is 0.462 e. The van der Waals surface area contributed by atoms with Gasteiger partial charge in [-0.05, 0) is 38.6 Å². The molecular formula is C15H29NO2. The molecule has 3 heteroatoms. The van der Waals surface area contributed by atoms with Gasteiger partial charge in [-0.15, -0.1) is 0 Å². The molecule has 0 fully saturated rings. The van der Waals surface area contributed by atoms with Crippen LogP contribution in [0, 0.1) is 11.8 Å². The Morgan fingerprint density at radius 3 is 2.44 bits per heavy atom. The monoisotopic (exact) mass is 255 g/mol. The van der Waals surface area contributed by atoms with E-state index in [1.54, 1.807) is 6.92 Å². The molecule has 106 valence electrons. The summed E-state index contributed by atoms with van der Waals surface area (Å²) in [7, 11) is 0. The van der Waals surface area contributed by atoms with E-state index in [1.807, 2.05) is 0 Å². The molecule has 0 aromatic rings. The molecule has 1 N–H and O–H groups in total. The number of nitrogens with one attached hydrogen (secondary N) is 1. The SMILES string of the molecule is C=C(C)C(=O)OCCC(C)CNC(C)C(C)CC. The van der Waals surface area contributed by atoms with Crippen molar-refractivity contribution in [1.82, 2.24) is 5.32 Å². The van der Waals surface area contributed by atoms with Crippen molar-refractivity contribution < 1.29 is 9.53 Å². The number of carbonyl (C=O) groups excluding carboxylic acids is 1. The maximum Gasteiger partial charge on any atom is 0.333 e. The Hall–Kier alpha value is -0.830. The van der Waals surface area contributed by atoms with Gasteiger partial charge in [-0.25, -0.2) is 4.79 Å². The standard InChI is InChI=1S/C15H29NO2/c1-7-13(5)14(6)16-10-12(4)8-9-18-15(17)11(2)3/h12-14,16H,2,7-10H2,1,3-6H3. The molecule has 0 heterocycles. The highest BCUT2D eigenvalue weighted by atomic mass is 16.5. The fraction of sp³-hybridized carbons (Fsp3) is 0.800. The highest BCUT2D eigenvalue weighted by molar-refractivity contribution is 5.86. The first-order valence-corrected chi connectivity index (χ1v) is 6.94. The summed E-state index contributed by atoms with van der Waals surface area (Å²) in [6.45, 7) is 15.5. The van der Waals surface area contributed by atoms with Gasteiger partial charge in [0.15, 0.2) is 0 Å². The molecule has 0 aliphatic heterocycles. The summed E-state index contributed by atoms with van der Waals surface area (Å²) >= 11 is 0. The molecule has 18 heavy (non-hydrogen) atoms. The lowest BCUT2D eigenvalue weighted by atomic mass is 10.00. The van der Waals surface area contributed by atoms with Crippen LogP contribution in [0.4, 0.5) is 0 Å². The van der Waals surface area contributed by atoms with Crippen molar-refractivity contribution in [2.45, 2.75) is 53.5 Å². The number of rotatable bonds is 9. The van der Waals surface area contributed by atoms with E-state index in [2.05, 4.69) is 39.6 Å². The minimum atomic E-state index is -0.289. The summed E-state index contributed by atoms with van der Waals surface area (Å²) < 4.78 is 5.08. The van der Waals surface area contributed by atoms with Crippen molar-refractivity contribution in [3.8, 4) is 0 Å². The third-order valence-corrected chi connectivity index (χ3v) is 3.48. The summed E-state index contributed by atoms with van der Waals surface area (Å²) in [5, 5.41) is 3.54. The van der Waals surface area contributed by atoms with Crippen LogP contribution in [0.3, 0.4) is 0 Å². The average molecular weight is 255 g/mol. The van der Waals surface area contributed by atoms with Crippen LogP contribution in [0.2, 0.25) is 0 Å². The molecule has 0 saturated heterocycles. The van der Waals surface area contributed by atoms with Gasteiger partial charge in [0.1, 0.15) is 0 Å². The van der Waals surface area contributed by atoms with Crippen LogP contribution < -0.4 is 5.32 Å². The number of hydrogen-bond donors (Lipinski definition) is 1. The Bertz CT molecular complexity index is 263. The Kier molecular flexibility index (Phi) is 8.73. The summed E-state index contributed by atoms with van der Waals surface area (Å²) in [5.74, 6) is 0.913. The zero-order valence-corrected chi connectivity index (χ0v) is 12.6. The molecule has 0 rings (SSSR count). The van der Waals surface area contributed by atoms with Crippen molar-refractivity contribution in [2.75, 3.05) is 13.2 Å². The molecule has 0 spiro atoms. The van der Waals surface area contributed by atoms with E-state index in [9.17, 15) is 4.79 Å². The Morgan fingerprint density at radius 1 is 1.33 bits per heavy atom. The number of carbonyl (C=O) groups is 1. The molecule has 0 bridgehead atoms. The molecule has 0 aromatic carbocycles. The van der Waals surface area contributed by atoms with E-state index in [4.69, 9.17) is 4.74 Å². The smallest absolute Gasteiger partial charge is 0.333 e. The number of esters is 1. The van der Waals surface area contributed by atoms with Crippen LogP contribution >= 0.6 is 0 Å². The second-order valence-electron chi connectivity index (χ2n) is 5.39. The highest BCUT2D eigenvalue weighted by Crippen LogP contribution is 2.08. The Morgan fingerprint density at radius 2 is 1.94 bits per heavy atom. The van der Waals surface area contributed by atoms with Crippen LogP contribution in [0.15, 0.2) is 12.2 Å². The van der Waals surface area contributed by atoms with Gasteiger partial charge in [-0.2, -0.15) is 0 Å². The topological polar surface area (TPSA) is 38.3 Å². The van der Waals surface area contributed by atoms with Gasteiger partial charge < -0.3 is 10.1 Å². The molecule has 3 nitrogen and oxygen atoms in total. The van der Waals surface area contributed by atoms with Crippen molar-refractivity contribution >= 4 is 5.97 Å². The molecule has 0 radical (unpaired) electrons. The molecule has 0 amide bonds. The molecule has 0 saturated carbocycles. The minimum Gasteiger partial charge on any atom is -0.462 e. The van der Waals surface area contributed by atoms with E-state index in [1.165, 1.54) is 6.42 Å². The lowest BCUT2D eigenvalue weighted by Crippen LogP contribution is -2.35. The van der Waals surface area contributed by atoms with Gasteiger partial charge in [0.2, 0.25) is 0 Å². The van der Waals surface area contributed by atoms with E-state index in [0.29, 0.717) is 30.1 Å². The zero-order valence-electron chi connectivity index (χ0n) is 12.6. The van der Waals surface area contributed by atoms with Crippen LogP contribution in [0.1, 0.15) is 47.5 Å². The van der Waals surface area contributed by atoms with Crippen molar-refractivity contribution in [1.29, 1.82) is 0 Å². The maximum absolute atomic E-state index is 11.2. The Labute approximate surface area is 112 Å². The molecule has 3 unspecified atom stereocenters. The highest BCUT2D eigenvalue weighted by Gasteiger charge is 2.11. The predicted octanol–water partition coefficient (Wildman–Crippen LogP) is 3.16. The third kappa shape index (κ3) is 7.49. The molecular weight excluding hydrogens is 226 g/mol. The first-order valence-electron chi connectivity index (χ1n) is 6.94. The summed E-state index contributed by atoms with van der Waals surface area (Å²) in [6.07, 6.45) is 2.08. The molecule has 0 aliphatic carbocycles. The van der Waals surface area contributed by atoms with Gasteiger partial charge in [0, 0.05) is 11.6 Å². The minimum absolute atomic E-state index is 0.289. The van der Waals surface area contributed by atoms with Gasteiger partial charge in [0.25, 0.3) is 0 Å². The molecule has 0 aromatic heterocycles. The maximum atomic E-state index is 11.2. The predicted molar refractivity (Wildman–Crippen MR) is 76.5 cm³/mol. The molecule has 3 atom stereocenters. The quantitative estimate of drug-likeness (QED) is 0.508. The second kappa shape index (κ2) is 9.15. The summed E-state index contributed by atoms with van der Waals surface area (Å²) in [5.41, 5.74) is 0.464. The van der Waals surface area contributed by atoms with Crippen LogP contribution in [0.5, 0.6) is 0 Å². The first-order chi connectivity index (χ1) is 8.38. The van der Waals surface area contributed by atoms with Gasteiger partial charge >= 0.3 is 5.97 Å². The van der Waals surface area contributed by atoms with E-state index < -0.39 is 0 Å². The van der Waals surface area contributed by atoms with Crippen LogP contribution in [0.25, 0.3) is 0 Å². The molecule has 0 aliphatic rings. The third-order valence-electron chi connectivity index (χ3n) is 3.48.